The van der Waals surface area contributed by atoms with Gasteiger partial charge in [-0.05, 0) is 43.5 Å². The van der Waals surface area contributed by atoms with Crippen molar-refractivity contribution in [2.24, 2.45) is 0 Å². The number of aromatic amines is 1. The second-order valence-corrected chi connectivity index (χ2v) is 6.54. The molecule has 1 atom stereocenters. The molecule has 1 aliphatic heterocycles. The molecule has 4 rings (SSSR count). The van der Waals surface area contributed by atoms with E-state index in [2.05, 4.69) is 4.98 Å². The number of H-pyrrole nitrogens is 1. The van der Waals surface area contributed by atoms with Crippen LogP contribution in [-0.2, 0) is 16.0 Å². The zero-order valence-electron chi connectivity index (χ0n) is 14.6. The molecule has 1 aliphatic rings. The third-order valence-electron chi connectivity index (χ3n) is 4.76. The van der Waals surface area contributed by atoms with E-state index >= 15 is 0 Å². The van der Waals surface area contributed by atoms with Crippen LogP contribution < -0.4 is 4.90 Å². The van der Waals surface area contributed by atoms with E-state index in [4.69, 9.17) is 4.74 Å². The van der Waals surface area contributed by atoms with Gasteiger partial charge in [0.15, 0.2) is 6.10 Å². The van der Waals surface area contributed by atoms with Crippen molar-refractivity contribution in [2.45, 2.75) is 25.9 Å². The Kier molecular flexibility index (Phi) is 4.21. The van der Waals surface area contributed by atoms with Gasteiger partial charge in [0.2, 0.25) is 0 Å². The Morgan fingerprint density at radius 2 is 1.88 bits per heavy atom. The lowest BCUT2D eigenvalue weighted by Gasteiger charge is -2.31. The highest BCUT2D eigenvalue weighted by atomic mass is 16.5. The van der Waals surface area contributed by atoms with Crippen LogP contribution in [0.25, 0.3) is 10.9 Å². The number of anilines is 1. The number of benzene rings is 2. The van der Waals surface area contributed by atoms with Gasteiger partial charge in [-0.2, -0.15) is 0 Å². The third kappa shape index (κ3) is 2.96. The normalized spacial score (nSPS) is 14.7. The van der Waals surface area contributed by atoms with Crippen molar-refractivity contribution in [3.05, 3.63) is 65.9 Å². The number of aryl methyl sites for hydroxylation is 1. The lowest BCUT2D eigenvalue weighted by molar-refractivity contribution is -0.126. The summed E-state index contributed by atoms with van der Waals surface area (Å²) in [6.07, 6.45) is 1.02. The fraction of sp³-hybridized carbons (Fsp3) is 0.238. The van der Waals surface area contributed by atoms with E-state index in [1.807, 2.05) is 48.5 Å². The maximum absolute atomic E-state index is 12.8. The van der Waals surface area contributed by atoms with E-state index in [9.17, 15) is 9.59 Å². The number of rotatable bonds is 3. The van der Waals surface area contributed by atoms with Gasteiger partial charge in [0.05, 0.1) is 0 Å². The monoisotopic (exact) mass is 348 g/mol. The second-order valence-electron chi connectivity index (χ2n) is 6.54. The van der Waals surface area contributed by atoms with Crippen molar-refractivity contribution in [3.63, 3.8) is 0 Å². The molecule has 5 heteroatoms. The Morgan fingerprint density at radius 1 is 1.12 bits per heavy atom. The number of carbonyl (C=O) groups is 2. The number of fused-ring (bicyclic) bond motifs is 2. The van der Waals surface area contributed by atoms with Crippen molar-refractivity contribution in [1.82, 2.24) is 4.98 Å². The molecule has 1 N–H and O–H groups in total. The lowest BCUT2D eigenvalue weighted by Crippen LogP contribution is -2.42. The molecule has 0 unspecified atom stereocenters. The van der Waals surface area contributed by atoms with Gasteiger partial charge in [0.25, 0.3) is 5.91 Å². The first-order valence-electron chi connectivity index (χ1n) is 8.81. The molecular formula is C21H20N2O3. The Hall–Kier alpha value is -3.08. The van der Waals surface area contributed by atoms with Crippen LogP contribution in [0.3, 0.4) is 0 Å². The molecular weight excluding hydrogens is 328 g/mol. The Bertz CT molecular complexity index is 943. The molecule has 0 spiro atoms. The largest absolute Gasteiger partial charge is 0.448 e. The van der Waals surface area contributed by atoms with E-state index in [1.54, 1.807) is 17.9 Å². The summed E-state index contributed by atoms with van der Waals surface area (Å²) in [5.41, 5.74) is 3.28. The fourth-order valence-corrected chi connectivity index (χ4v) is 3.44. The summed E-state index contributed by atoms with van der Waals surface area (Å²) in [6, 6.07) is 17.2. The number of nitrogens with zero attached hydrogens (tertiary/aromatic N) is 1. The first-order valence-corrected chi connectivity index (χ1v) is 8.81. The fourth-order valence-electron chi connectivity index (χ4n) is 3.44. The first kappa shape index (κ1) is 16.4. The Morgan fingerprint density at radius 3 is 2.73 bits per heavy atom. The van der Waals surface area contributed by atoms with Gasteiger partial charge in [-0.3, -0.25) is 4.79 Å². The van der Waals surface area contributed by atoms with Gasteiger partial charge in [0.1, 0.15) is 5.69 Å². The molecule has 5 nitrogen and oxygen atoms in total. The molecule has 0 aliphatic carbocycles. The van der Waals surface area contributed by atoms with Gasteiger partial charge >= 0.3 is 5.97 Å². The van der Waals surface area contributed by atoms with Crippen LogP contribution >= 0.6 is 0 Å². The number of ether oxygens (including phenoxy) is 1. The number of hydrogen-bond acceptors (Lipinski definition) is 3. The van der Waals surface area contributed by atoms with Gasteiger partial charge in [-0.25, -0.2) is 4.79 Å². The highest BCUT2D eigenvalue weighted by Gasteiger charge is 2.28. The van der Waals surface area contributed by atoms with Crippen molar-refractivity contribution in [1.29, 1.82) is 0 Å². The van der Waals surface area contributed by atoms with Crippen molar-refractivity contribution >= 4 is 28.5 Å². The number of carbonyl (C=O) groups excluding carboxylic acids is 2. The van der Waals surface area contributed by atoms with E-state index in [-0.39, 0.29) is 5.91 Å². The number of amides is 1. The average Bonchev–Trinajstić information content (AvgIpc) is 3.11. The summed E-state index contributed by atoms with van der Waals surface area (Å²) in [6.45, 7) is 2.27. The predicted molar refractivity (Wildman–Crippen MR) is 100 cm³/mol. The van der Waals surface area contributed by atoms with Gasteiger partial charge < -0.3 is 14.6 Å². The molecule has 2 aromatic carbocycles. The highest BCUT2D eigenvalue weighted by Crippen LogP contribution is 2.27. The summed E-state index contributed by atoms with van der Waals surface area (Å²) < 4.78 is 5.43. The number of aromatic nitrogens is 1. The number of nitrogens with one attached hydrogen (secondary N) is 1. The minimum Gasteiger partial charge on any atom is -0.448 e. The summed E-state index contributed by atoms with van der Waals surface area (Å²) in [4.78, 5) is 30.0. The molecule has 132 valence electrons. The Balaban J connectivity index is 1.50. The number of hydrogen-bond donors (Lipinski definition) is 1. The minimum atomic E-state index is -0.847. The lowest BCUT2D eigenvalue weighted by atomic mass is 10.0. The summed E-state index contributed by atoms with van der Waals surface area (Å²) >= 11 is 0. The van der Waals surface area contributed by atoms with E-state index in [1.165, 1.54) is 0 Å². The molecule has 0 saturated carbocycles. The van der Waals surface area contributed by atoms with Crippen LogP contribution in [-0.4, -0.2) is 29.5 Å². The number of para-hydroxylation sites is 2. The van der Waals surface area contributed by atoms with Crippen LogP contribution in [0.1, 0.15) is 29.4 Å². The van der Waals surface area contributed by atoms with Gasteiger partial charge in [-0.15, -0.1) is 0 Å². The summed E-state index contributed by atoms with van der Waals surface area (Å²) in [7, 11) is 0. The van der Waals surface area contributed by atoms with Crippen LogP contribution in [0.15, 0.2) is 54.6 Å². The van der Waals surface area contributed by atoms with Crippen LogP contribution in [0.2, 0.25) is 0 Å². The third-order valence-corrected chi connectivity index (χ3v) is 4.76. The highest BCUT2D eigenvalue weighted by molar-refractivity contribution is 6.00. The van der Waals surface area contributed by atoms with E-state index in [0.717, 1.165) is 35.0 Å². The Labute approximate surface area is 151 Å². The molecule has 0 saturated heterocycles. The molecule has 2 heterocycles. The molecule has 0 radical (unpaired) electrons. The molecule has 0 fully saturated rings. The minimum absolute atomic E-state index is 0.193. The maximum Gasteiger partial charge on any atom is 0.355 e. The van der Waals surface area contributed by atoms with Crippen molar-refractivity contribution in [3.8, 4) is 0 Å². The van der Waals surface area contributed by atoms with E-state index in [0.29, 0.717) is 12.2 Å². The van der Waals surface area contributed by atoms with Gasteiger partial charge in [0, 0.05) is 23.1 Å². The zero-order valence-corrected chi connectivity index (χ0v) is 14.6. The number of esters is 1. The maximum atomic E-state index is 12.8. The SMILES string of the molecule is C[C@@H](OC(=O)c1cc2ccccc2[nH]1)C(=O)N1CCCc2ccccc21. The van der Waals surface area contributed by atoms with E-state index < -0.39 is 12.1 Å². The molecule has 3 aromatic rings. The van der Waals surface area contributed by atoms with Crippen molar-refractivity contribution in [2.75, 3.05) is 11.4 Å². The molecule has 1 aromatic heterocycles. The van der Waals surface area contributed by atoms with Crippen LogP contribution in [0, 0.1) is 0 Å². The smallest absolute Gasteiger partial charge is 0.355 e. The summed E-state index contributed by atoms with van der Waals surface area (Å²) in [5.74, 6) is -0.714. The quantitative estimate of drug-likeness (QED) is 0.734. The van der Waals surface area contributed by atoms with Crippen LogP contribution in [0.4, 0.5) is 5.69 Å². The average molecular weight is 348 g/mol. The predicted octanol–water partition coefficient (Wildman–Crippen LogP) is 3.69. The zero-order chi connectivity index (χ0) is 18.1. The molecule has 26 heavy (non-hydrogen) atoms. The topological polar surface area (TPSA) is 62.4 Å². The summed E-state index contributed by atoms with van der Waals surface area (Å²) in [5, 5.41) is 0.934. The van der Waals surface area contributed by atoms with Crippen molar-refractivity contribution < 1.29 is 14.3 Å². The standard InChI is InChI=1S/C21H20N2O3/c1-14(20(24)23-12-6-9-15-7-3-5-11-19(15)23)26-21(25)18-13-16-8-2-4-10-17(16)22-18/h2-5,7-8,10-11,13-14,22H,6,9,12H2,1H3/t14-/m1/s1. The molecule has 1 amide bonds. The van der Waals surface area contributed by atoms with Crippen LogP contribution in [0.5, 0.6) is 0 Å². The first-order chi connectivity index (χ1) is 12.6. The van der Waals surface area contributed by atoms with Gasteiger partial charge in [-0.1, -0.05) is 36.4 Å². The molecule has 0 bridgehead atoms. The second kappa shape index (κ2) is 6.67.